The van der Waals surface area contributed by atoms with Gasteiger partial charge in [-0.3, -0.25) is 4.79 Å². The molecular formula is C13H15N3O2S2. The minimum Gasteiger partial charge on any atom is -0.379 e. The summed E-state index contributed by atoms with van der Waals surface area (Å²) < 4.78 is 0.746. The molecule has 0 saturated heterocycles. The zero-order chi connectivity index (χ0) is 14.6. The molecule has 1 atom stereocenters. The van der Waals surface area contributed by atoms with Gasteiger partial charge in [-0.2, -0.15) is 0 Å². The molecule has 1 amide bonds. The number of thioether (sulfide) groups is 1. The molecule has 1 unspecified atom stereocenters. The zero-order valence-electron chi connectivity index (χ0n) is 11.2. The van der Waals surface area contributed by atoms with Gasteiger partial charge in [-0.1, -0.05) is 41.3 Å². The van der Waals surface area contributed by atoms with E-state index in [-0.39, 0.29) is 5.75 Å². The van der Waals surface area contributed by atoms with Crippen LogP contribution >= 0.6 is 23.1 Å². The Labute approximate surface area is 125 Å². The van der Waals surface area contributed by atoms with Crippen molar-refractivity contribution in [3.63, 3.8) is 0 Å². The van der Waals surface area contributed by atoms with Crippen LogP contribution < -0.4 is 5.32 Å². The maximum absolute atomic E-state index is 12.1. The molecule has 0 aliphatic carbocycles. The fourth-order valence-electron chi connectivity index (χ4n) is 1.39. The summed E-state index contributed by atoms with van der Waals surface area (Å²) >= 11 is 2.76. The van der Waals surface area contributed by atoms with Gasteiger partial charge < -0.3 is 10.4 Å². The number of amides is 1. The molecule has 106 valence electrons. The highest BCUT2D eigenvalue weighted by molar-refractivity contribution is 8.01. The van der Waals surface area contributed by atoms with E-state index < -0.39 is 11.5 Å². The van der Waals surface area contributed by atoms with E-state index in [2.05, 4.69) is 15.5 Å². The Bertz CT molecular complexity index is 584. The molecule has 0 spiro atoms. The van der Waals surface area contributed by atoms with Crippen molar-refractivity contribution in [3.05, 3.63) is 35.3 Å². The first kappa shape index (κ1) is 15.0. The van der Waals surface area contributed by atoms with Crippen molar-refractivity contribution in [1.82, 2.24) is 10.2 Å². The van der Waals surface area contributed by atoms with Crippen molar-refractivity contribution in [2.75, 3.05) is 11.1 Å². The number of aryl methyl sites for hydroxylation is 1. The van der Waals surface area contributed by atoms with Gasteiger partial charge in [0.2, 0.25) is 0 Å². The van der Waals surface area contributed by atoms with E-state index in [0.29, 0.717) is 5.69 Å². The predicted molar refractivity (Wildman–Crippen MR) is 81.1 cm³/mol. The van der Waals surface area contributed by atoms with E-state index in [1.54, 1.807) is 12.1 Å². The average molecular weight is 309 g/mol. The summed E-state index contributed by atoms with van der Waals surface area (Å²) in [6, 6.07) is 9.05. The Hall–Kier alpha value is -1.44. The van der Waals surface area contributed by atoms with Crippen LogP contribution in [0.4, 0.5) is 5.69 Å². The number of carbonyl (C=O) groups excluding carboxylic acids is 1. The van der Waals surface area contributed by atoms with Gasteiger partial charge in [-0.05, 0) is 26.0 Å². The van der Waals surface area contributed by atoms with Crippen LogP contribution in [0.15, 0.2) is 34.7 Å². The standard InChI is InChI=1S/C13H15N3O2S2/c1-9-15-16-12(20-9)19-8-13(2,18)11(17)14-10-6-4-3-5-7-10/h3-7,18H,8H2,1-2H3,(H,14,17). The van der Waals surface area contributed by atoms with Crippen LogP contribution in [0.25, 0.3) is 0 Å². The third kappa shape index (κ3) is 4.03. The van der Waals surface area contributed by atoms with Crippen molar-refractivity contribution < 1.29 is 9.90 Å². The number of anilines is 1. The van der Waals surface area contributed by atoms with Crippen LogP contribution in [0, 0.1) is 6.92 Å². The molecular weight excluding hydrogens is 294 g/mol. The third-order valence-electron chi connectivity index (χ3n) is 2.51. The molecule has 0 saturated carbocycles. The minimum absolute atomic E-state index is 0.223. The van der Waals surface area contributed by atoms with E-state index in [4.69, 9.17) is 0 Å². The number of hydrogen-bond donors (Lipinski definition) is 2. The number of hydrogen-bond acceptors (Lipinski definition) is 6. The molecule has 1 aromatic heterocycles. The Morgan fingerprint density at radius 3 is 2.70 bits per heavy atom. The first-order valence-corrected chi connectivity index (χ1v) is 7.79. The summed E-state index contributed by atoms with van der Waals surface area (Å²) in [7, 11) is 0. The zero-order valence-corrected chi connectivity index (χ0v) is 12.8. The number of aromatic nitrogens is 2. The first-order chi connectivity index (χ1) is 9.47. The molecule has 2 aromatic rings. The molecule has 0 aliphatic heterocycles. The highest BCUT2D eigenvalue weighted by Crippen LogP contribution is 2.26. The van der Waals surface area contributed by atoms with Crippen LogP contribution in [0.1, 0.15) is 11.9 Å². The summed E-state index contributed by atoms with van der Waals surface area (Å²) in [6.45, 7) is 3.36. The number of aliphatic hydroxyl groups is 1. The lowest BCUT2D eigenvalue weighted by Crippen LogP contribution is -2.42. The molecule has 0 fully saturated rings. The van der Waals surface area contributed by atoms with Gasteiger partial charge in [0.05, 0.1) is 0 Å². The lowest BCUT2D eigenvalue weighted by molar-refractivity contribution is -0.130. The number of nitrogens with zero attached hydrogens (tertiary/aromatic N) is 2. The number of nitrogens with one attached hydrogen (secondary N) is 1. The summed E-state index contributed by atoms with van der Waals surface area (Å²) in [4.78, 5) is 12.1. The van der Waals surface area contributed by atoms with E-state index in [1.807, 2.05) is 25.1 Å². The van der Waals surface area contributed by atoms with E-state index >= 15 is 0 Å². The molecule has 7 heteroatoms. The first-order valence-electron chi connectivity index (χ1n) is 5.99. The van der Waals surface area contributed by atoms with Gasteiger partial charge in [0.1, 0.15) is 10.6 Å². The maximum Gasteiger partial charge on any atom is 0.256 e. The Morgan fingerprint density at radius 1 is 1.40 bits per heavy atom. The molecule has 0 radical (unpaired) electrons. The quantitative estimate of drug-likeness (QED) is 0.829. The smallest absolute Gasteiger partial charge is 0.256 e. The fourth-order valence-corrected chi connectivity index (χ4v) is 3.22. The third-order valence-corrected chi connectivity index (χ3v) is 4.78. The Kier molecular flexibility index (Phi) is 4.74. The molecule has 20 heavy (non-hydrogen) atoms. The summed E-state index contributed by atoms with van der Waals surface area (Å²) in [5.41, 5.74) is -0.811. The number of benzene rings is 1. The number of carbonyl (C=O) groups is 1. The highest BCUT2D eigenvalue weighted by Gasteiger charge is 2.31. The molecule has 5 nitrogen and oxygen atoms in total. The minimum atomic E-state index is -1.47. The number of para-hydroxylation sites is 1. The number of rotatable bonds is 5. The monoisotopic (exact) mass is 309 g/mol. The van der Waals surface area contributed by atoms with Gasteiger partial charge in [0.25, 0.3) is 5.91 Å². The molecule has 0 aliphatic rings. The van der Waals surface area contributed by atoms with Gasteiger partial charge >= 0.3 is 0 Å². The van der Waals surface area contributed by atoms with Crippen LogP contribution in [-0.2, 0) is 4.79 Å². The largest absolute Gasteiger partial charge is 0.379 e. The Balaban J connectivity index is 1.93. The van der Waals surface area contributed by atoms with Crippen LogP contribution in [0.5, 0.6) is 0 Å². The van der Waals surface area contributed by atoms with Crippen LogP contribution in [-0.4, -0.2) is 32.6 Å². The van der Waals surface area contributed by atoms with Crippen LogP contribution in [0.2, 0.25) is 0 Å². The molecule has 1 aromatic carbocycles. The molecule has 1 heterocycles. The van der Waals surface area contributed by atoms with Crippen LogP contribution in [0.3, 0.4) is 0 Å². The second kappa shape index (κ2) is 6.34. The normalized spacial score (nSPS) is 13.8. The summed E-state index contributed by atoms with van der Waals surface area (Å²) in [6.07, 6.45) is 0. The molecule has 0 bridgehead atoms. The molecule has 2 rings (SSSR count). The summed E-state index contributed by atoms with van der Waals surface area (Å²) in [5, 5.41) is 21.6. The lowest BCUT2D eigenvalue weighted by Gasteiger charge is -2.21. The fraction of sp³-hybridized carbons (Fsp3) is 0.308. The topological polar surface area (TPSA) is 75.1 Å². The van der Waals surface area contributed by atoms with Crippen molar-refractivity contribution >= 4 is 34.7 Å². The van der Waals surface area contributed by atoms with Crippen molar-refractivity contribution in [2.24, 2.45) is 0 Å². The SMILES string of the molecule is Cc1nnc(SCC(C)(O)C(=O)Nc2ccccc2)s1. The van der Waals surface area contributed by atoms with E-state index in [9.17, 15) is 9.90 Å². The van der Waals surface area contributed by atoms with Gasteiger partial charge in [0, 0.05) is 11.4 Å². The second-order valence-electron chi connectivity index (χ2n) is 4.47. The lowest BCUT2D eigenvalue weighted by atomic mass is 10.1. The summed E-state index contributed by atoms with van der Waals surface area (Å²) in [5.74, 6) is -0.210. The van der Waals surface area contributed by atoms with Gasteiger partial charge in [0.15, 0.2) is 4.34 Å². The maximum atomic E-state index is 12.1. The van der Waals surface area contributed by atoms with Crippen molar-refractivity contribution in [3.8, 4) is 0 Å². The van der Waals surface area contributed by atoms with E-state index in [1.165, 1.54) is 30.0 Å². The van der Waals surface area contributed by atoms with Gasteiger partial charge in [-0.15, -0.1) is 10.2 Å². The highest BCUT2D eigenvalue weighted by atomic mass is 32.2. The predicted octanol–water partition coefficient (Wildman–Crippen LogP) is 2.33. The average Bonchev–Trinajstić information content (AvgIpc) is 2.83. The van der Waals surface area contributed by atoms with Gasteiger partial charge in [-0.25, -0.2) is 0 Å². The van der Waals surface area contributed by atoms with E-state index in [0.717, 1.165) is 9.35 Å². The molecule has 2 N–H and O–H groups in total. The Morgan fingerprint density at radius 2 is 2.10 bits per heavy atom. The van der Waals surface area contributed by atoms with Crippen molar-refractivity contribution in [1.29, 1.82) is 0 Å². The second-order valence-corrected chi connectivity index (χ2v) is 6.87. The van der Waals surface area contributed by atoms with Crippen molar-refractivity contribution in [2.45, 2.75) is 23.8 Å².